The van der Waals surface area contributed by atoms with E-state index >= 15 is 0 Å². The molecule has 5 rings (SSSR count). The van der Waals surface area contributed by atoms with E-state index in [0.29, 0.717) is 10.8 Å². The van der Waals surface area contributed by atoms with Crippen molar-refractivity contribution in [3.05, 3.63) is 12.2 Å². The van der Waals surface area contributed by atoms with E-state index in [-0.39, 0.29) is 12.1 Å². The summed E-state index contributed by atoms with van der Waals surface area (Å²) in [5, 5.41) is 0. The van der Waals surface area contributed by atoms with Gasteiger partial charge in [0.05, 0.1) is 0 Å². The molecule has 1 spiro atoms. The molecule has 0 unspecified atom stereocenters. The summed E-state index contributed by atoms with van der Waals surface area (Å²) in [5.74, 6) is 4.52. The number of carbonyl (C=O) groups is 1. The van der Waals surface area contributed by atoms with Crippen LogP contribution in [0.25, 0.3) is 0 Å². The minimum Gasteiger partial charge on any atom is -0.463 e. The summed E-state index contributed by atoms with van der Waals surface area (Å²) in [6.45, 7) is 4.18. The Morgan fingerprint density at radius 1 is 0.962 bits per heavy atom. The van der Waals surface area contributed by atoms with Crippen LogP contribution < -0.4 is 0 Å². The largest absolute Gasteiger partial charge is 0.463 e. The topological polar surface area (TPSA) is 26.3 Å². The van der Waals surface area contributed by atoms with Crippen molar-refractivity contribution in [1.29, 1.82) is 0 Å². The second kappa shape index (κ2) is 6.11. The zero-order valence-corrected chi connectivity index (χ0v) is 16.7. The molecule has 26 heavy (non-hydrogen) atoms. The molecule has 2 heteroatoms. The Morgan fingerprint density at radius 2 is 1.81 bits per heavy atom. The highest BCUT2D eigenvalue weighted by Gasteiger charge is 2.61. The molecule has 0 bridgehead atoms. The second-order valence-electron chi connectivity index (χ2n) is 10.6. The van der Waals surface area contributed by atoms with Crippen LogP contribution in [0.15, 0.2) is 12.2 Å². The molecule has 0 aromatic heterocycles. The van der Waals surface area contributed by atoms with Crippen molar-refractivity contribution in [2.45, 2.75) is 90.6 Å². The van der Waals surface area contributed by atoms with E-state index in [1.807, 2.05) is 0 Å². The molecule has 8 atom stereocenters. The first-order chi connectivity index (χ1) is 12.5. The summed E-state index contributed by atoms with van der Waals surface area (Å²) in [4.78, 5) is 11.4. The van der Waals surface area contributed by atoms with Crippen molar-refractivity contribution in [1.82, 2.24) is 0 Å². The van der Waals surface area contributed by atoms with Gasteiger partial charge in [-0.3, -0.25) is 4.79 Å². The van der Waals surface area contributed by atoms with Gasteiger partial charge in [0.15, 0.2) is 0 Å². The highest BCUT2D eigenvalue weighted by Crippen LogP contribution is 2.69. The van der Waals surface area contributed by atoms with E-state index in [1.54, 1.807) is 6.92 Å². The molecule has 0 radical (unpaired) electrons. The molecule has 0 heterocycles. The van der Waals surface area contributed by atoms with Gasteiger partial charge in [-0.25, -0.2) is 0 Å². The lowest BCUT2D eigenvalue weighted by atomic mass is 9.44. The molecular weight excluding hydrogens is 320 g/mol. The van der Waals surface area contributed by atoms with E-state index in [4.69, 9.17) is 4.74 Å². The van der Waals surface area contributed by atoms with E-state index < -0.39 is 0 Å². The fraction of sp³-hybridized carbons (Fsp3) is 0.875. The summed E-state index contributed by atoms with van der Waals surface area (Å²) in [6, 6.07) is 0. The number of carbonyl (C=O) groups excluding carboxylic acids is 1. The third-order valence-electron chi connectivity index (χ3n) is 9.82. The molecule has 0 N–H and O–H groups in total. The number of hydrogen-bond acceptors (Lipinski definition) is 2. The molecule has 0 saturated heterocycles. The van der Waals surface area contributed by atoms with Gasteiger partial charge in [0.25, 0.3) is 0 Å². The van der Waals surface area contributed by atoms with Crippen LogP contribution in [0.4, 0.5) is 0 Å². The lowest BCUT2D eigenvalue weighted by Crippen LogP contribution is -2.54. The van der Waals surface area contributed by atoms with Gasteiger partial charge < -0.3 is 4.74 Å². The van der Waals surface area contributed by atoms with Crippen molar-refractivity contribution in [2.24, 2.45) is 40.4 Å². The molecule has 0 aromatic carbocycles. The number of ether oxygens (including phenoxy) is 1. The monoisotopic (exact) mass is 356 g/mol. The third-order valence-corrected chi connectivity index (χ3v) is 9.82. The van der Waals surface area contributed by atoms with Crippen LogP contribution >= 0.6 is 0 Å². The van der Waals surface area contributed by atoms with Crippen molar-refractivity contribution < 1.29 is 9.53 Å². The van der Waals surface area contributed by atoms with Gasteiger partial charge in [-0.2, -0.15) is 0 Å². The minimum atomic E-state index is -0.0898. The molecule has 0 amide bonds. The number of allylic oxidation sites excluding steroid dienone is 2. The van der Waals surface area contributed by atoms with E-state index in [2.05, 4.69) is 19.1 Å². The van der Waals surface area contributed by atoms with Crippen molar-refractivity contribution in [3.63, 3.8) is 0 Å². The molecule has 4 saturated carbocycles. The molecule has 5 aliphatic rings. The van der Waals surface area contributed by atoms with Gasteiger partial charge in [-0.05, 0) is 111 Å². The number of hydrogen-bond donors (Lipinski definition) is 0. The highest BCUT2D eigenvalue weighted by atomic mass is 16.5. The van der Waals surface area contributed by atoms with Gasteiger partial charge in [0.2, 0.25) is 0 Å². The Labute approximate surface area is 159 Å². The van der Waals surface area contributed by atoms with Crippen LogP contribution in [0.2, 0.25) is 0 Å². The lowest BCUT2D eigenvalue weighted by molar-refractivity contribution is -0.159. The minimum absolute atomic E-state index is 0.0898. The van der Waals surface area contributed by atoms with E-state index in [9.17, 15) is 4.79 Å². The second-order valence-corrected chi connectivity index (χ2v) is 10.6. The lowest BCUT2D eigenvalue weighted by Gasteiger charge is -2.61. The molecule has 2 nitrogen and oxygen atoms in total. The number of esters is 1. The Kier molecular flexibility index (Phi) is 4.07. The zero-order chi connectivity index (χ0) is 17.9. The Morgan fingerprint density at radius 3 is 2.65 bits per heavy atom. The molecular formula is C24H36O2. The fourth-order valence-corrected chi connectivity index (χ4v) is 8.75. The van der Waals surface area contributed by atoms with Crippen molar-refractivity contribution in [3.8, 4) is 0 Å². The smallest absolute Gasteiger partial charge is 0.302 e. The molecule has 5 aliphatic carbocycles. The van der Waals surface area contributed by atoms with Crippen molar-refractivity contribution in [2.75, 3.05) is 0 Å². The Balaban J connectivity index is 1.38. The van der Waals surface area contributed by atoms with Gasteiger partial charge in [-0.15, -0.1) is 0 Å². The van der Waals surface area contributed by atoms with E-state index in [0.717, 1.165) is 42.4 Å². The highest BCUT2D eigenvalue weighted by molar-refractivity contribution is 5.66. The summed E-state index contributed by atoms with van der Waals surface area (Å²) in [6.07, 6.45) is 20.4. The summed E-state index contributed by atoms with van der Waals surface area (Å²) in [7, 11) is 0. The number of fused-ring (bicyclic) bond motifs is 4. The van der Waals surface area contributed by atoms with Crippen LogP contribution in [-0.2, 0) is 9.53 Å². The van der Waals surface area contributed by atoms with Crippen LogP contribution in [0.5, 0.6) is 0 Å². The maximum absolute atomic E-state index is 11.4. The van der Waals surface area contributed by atoms with Gasteiger partial charge in [0, 0.05) is 6.92 Å². The van der Waals surface area contributed by atoms with Crippen molar-refractivity contribution >= 4 is 5.97 Å². The third kappa shape index (κ3) is 2.39. The normalized spacial score (nSPS) is 52.4. The average Bonchev–Trinajstić information content (AvgIpc) is 3.01. The quantitative estimate of drug-likeness (QED) is 0.431. The zero-order valence-electron chi connectivity index (χ0n) is 16.7. The summed E-state index contributed by atoms with van der Waals surface area (Å²) >= 11 is 0. The first-order valence-corrected chi connectivity index (χ1v) is 11.4. The summed E-state index contributed by atoms with van der Waals surface area (Å²) < 4.78 is 5.61. The standard InChI is InChI=1S/C24H36O2/c1-16(25)26-19-10-13-23(2)18(15-19)6-8-20-21(23)11-14-24-12-4-3-5-17(24)7-9-22(20)24/h4,12,17-22H,3,5-11,13-15H2,1-2H3/t17-,18-,19+,20+,21-,22-,23-,24+/m0/s1. The maximum Gasteiger partial charge on any atom is 0.302 e. The average molecular weight is 357 g/mol. The van der Waals surface area contributed by atoms with Crippen LogP contribution in [0.1, 0.15) is 84.5 Å². The Bertz CT molecular complexity index is 609. The van der Waals surface area contributed by atoms with Crippen LogP contribution in [0.3, 0.4) is 0 Å². The van der Waals surface area contributed by atoms with Gasteiger partial charge in [0.1, 0.15) is 6.10 Å². The van der Waals surface area contributed by atoms with Crippen LogP contribution in [-0.4, -0.2) is 12.1 Å². The van der Waals surface area contributed by atoms with Gasteiger partial charge >= 0.3 is 5.97 Å². The first-order valence-electron chi connectivity index (χ1n) is 11.4. The first kappa shape index (κ1) is 17.3. The molecule has 0 aliphatic heterocycles. The number of rotatable bonds is 1. The molecule has 0 aromatic rings. The summed E-state index contributed by atoms with van der Waals surface area (Å²) in [5.41, 5.74) is 1.08. The molecule has 144 valence electrons. The predicted molar refractivity (Wildman–Crippen MR) is 103 cm³/mol. The Hall–Kier alpha value is -0.790. The van der Waals surface area contributed by atoms with Gasteiger partial charge in [-0.1, -0.05) is 19.1 Å². The SMILES string of the molecule is CC(=O)O[C@@H]1CC[C@@]2(C)[C@@H](CC[C@@H]3[C@@H]2CC[C@]24C=CCC[C@H]2CC[C@@H]34)C1. The predicted octanol–water partition coefficient (Wildman–Crippen LogP) is 5.91. The fourth-order valence-electron chi connectivity index (χ4n) is 8.75. The maximum atomic E-state index is 11.4. The molecule has 4 fully saturated rings. The van der Waals surface area contributed by atoms with E-state index in [1.165, 1.54) is 57.8 Å². The van der Waals surface area contributed by atoms with Crippen LogP contribution in [0, 0.1) is 40.4 Å².